The second-order valence-corrected chi connectivity index (χ2v) is 4.80. The molecule has 0 bridgehead atoms. The topological polar surface area (TPSA) is 20.2 Å². The van der Waals surface area contributed by atoms with E-state index in [9.17, 15) is 5.11 Å². The van der Waals surface area contributed by atoms with Gasteiger partial charge < -0.3 is 5.11 Å². The van der Waals surface area contributed by atoms with Crippen molar-refractivity contribution in [3.05, 3.63) is 29.8 Å². The standard InChI is InChI=1S/C13H20OS/c1-4-7-10(2)13(14)11-8-5-6-9-12(11)15-3/h5-6,8-10,13-14H,4,7H2,1-3H3. The molecule has 0 aliphatic rings. The Kier molecular flexibility index (Phi) is 5.20. The third-order valence-corrected chi connectivity index (χ3v) is 3.55. The molecular weight excluding hydrogens is 204 g/mol. The number of hydrogen-bond acceptors (Lipinski definition) is 2. The van der Waals surface area contributed by atoms with Gasteiger partial charge in [0, 0.05) is 4.90 Å². The van der Waals surface area contributed by atoms with Gasteiger partial charge in [-0.25, -0.2) is 0 Å². The summed E-state index contributed by atoms with van der Waals surface area (Å²) in [6.45, 7) is 4.27. The smallest absolute Gasteiger partial charge is 0.0826 e. The van der Waals surface area contributed by atoms with Gasteiger partial charge in [0.2, 0.25) is 0 Å². The van der Waals surface area contributed by atoms with Gasteiger partial charge in [0.25, 0.3) is 0 Å². The fraction of sp³-hybridized carbons (Fsp3) is 0.538. The molecule has 1 aromatic rings. The van der Waals surface area contributed by atoms with Gasteiger partial charge >= 0.3 is 0 Å². The van der Waals surface area contributed by atoms with Crippen molar-refractivity contribution < 1.29 is 5.11 Å². The van der Waals surface area contributed by atoms with Crippen LogP contribution in [0.3, 0.4) is 0 Å². The van der Waals surface area contributed by atoms with Gasteiger partial charge in [0.05, 0.1) is 6.10 Å². The largest absolute Gasteiger partial charge is 0.388 e. The zero-order valence-electron chi connectivity index (χ0n) is 9.73. The van der Waals surface area contributed by atoms with E-state index in [0.29, 0.717) is 5.92 Å². The van der Waals surface area contributed by atoms with Crippen LogP contribution in [0.4, 0.5) is 0 Å². The molecule has 15 heavy (non-hydrogen) atoms. The number of benzene rings is 1. The molecule has 0 spiro atoms. The maximum absolute atomic E-state index is 10.2. The van der Waals surface area contributed by atoms with Crippen LogP contribution in [0.25, 0.3) is 0 Å². The van der Waals surface area contributed by atoms with Crippen LogP contribution in [0.1, 0.15) is 38.4 Å². The average Bonchev–Trinajstić information content (AvgIpc) is 2.28. The van der Waals surface area contributed by atoms with Gasteiger partial charge in [0.15, 0.2) is 0 Å². The lowest BCUT2D eigenvalue weighted by Gasteiger charge is -2.20. The molecule has 2 unspecified atom stereocenters. The minimum atomic E-state index is -0.325. The molecule has 1 nitrogen and oxygen atoms in total. The second kappa shape index (κ2) is 6.19. The van der Waals surface area contributed by atoms with Crippen LogP contribution in [0, 0.1) is 5.92 Å². The number of rotatable bonds is 5. The van der Waals surface area contributed by atoms with Crippen molar-refractivity contribution in [1.29, 1.82) is 0 Å². The number of aliphatic hydroxyl groups excluding tert-OH is 1. The minimum absolute atomic E-state index is 0.325. The number of thioether (sulfide) groups is 1. The molecule has 2 atom stereocenters. The Morgan fingerprint density at radius 2 is 2.00 bits per heavy atom. The molecule has 0 aromatic heterocycles. The Bertz CT molecular complexity index is 298. The van der Waals surface area contributed by atoms with Gasteiger partial charge in [-0.1, -0.05) is 38.5 Å². The Morgan fingerprint density at radius 1 is 1.33 bits per heavy atom. The summed E-state index contributed by atoms with van der Waals surface area (Å²) in [6.07, 6.45) is 3.92. The molecule has 2 heteroatoms. The fourth-order valence-electron chi connectivity index (χ4n) is 1.83. The van der Waals surface area contributed by atoms with Gasteiger partial charge in [-0.05, 0) is 30.2 Å². The molecule has 1 N–H and O–H groups in total. The Hall–Kier alpha value is -0.470. The van der Waals surface area contributed by atoms with Crippen molar-refractivity contribution in [2.75, 3.05) is 6.26 Å². The third-order valence-electron chi connectivity index (χ3n) is 2.74. The first-order valence-corrected chi connectivity index (χ1v) is 6.74. The van der Waals surface area contributed by atoms with Crippen molar-refractivity contribution >= 4 is 11.8 Å². The lowest BCUT2D eigenvalue weighted by molar-refractivity contribution is 0.110. The van der Waals surface area contributed by atoms with Gasteiger partial charge in [0.1, 0.15) is 0 Å². The zero-order valence-corrected chi connectivity index (χ0v) is 10.6. The quantitative estimate of drug-likeness (QED) is 0.766. The molecule has 0 saturated heterocycles. The molecule has 1 rings (SSSR count). The third kappa shape index (κ3) is 3.25. The van der Waals surface area contributed by atoms with Crippen molar-refractivity contribution in [3.63, 3.8) is 0 Å². The van der Waals surface area contributed by atoms with Crippen molar-refractivity contribution in [2.24, 2.45) is 5.92 Å². The average molecular weight is 224 g/mol. The van der Waals surface area contributed by atoms with E-state index < -0.39 is 0 Å². The summed E-state index contributed by atoms with van der Waals surface area (Å²) in [4.78, 5) is 1.19. The van der Waals surface area contributed by atoms with E-state index in [1.165, 1.54) is 4.90 Å². The summed E-state index contributed by atoms with van der Waals surface area (Å²) < 4.78 is 0. The molecular formula is C13H20OS. The predicted molar refractivity (Wildman–Crippen MR) is 67.3 cm³/mol. The Labute approximate surface area is 96.9 Å². The summed E-state index contributed by atoms with van der Waals surface area (Å²) in [5, 5.41) is 10.2. The molecule has 0 amide bonds. The van der Waals surface area contributed by atoms with Crippen molar-refractivity contribution in [1.82, 2.24) is 0 Å². The highest BCUT2D eigenvalue weighted by Crippen LogP contribution is 2.31. The minimum Gasteiger partial charge on any atom is -0.388 e. The van der Waals surface area contributed by atoms with E-state index in [1.807, 2.05) is 18.2 Å². The first kappa shape index (κ1) is 12.6. The van der Waals surface area contributed by atoms with Crippen LogP contribution in [0.5, 0.6) is 0 Å². The fourth-order valence-corrected chi connectivity index (χ4v) is 2.47. The highest BCUT2D eigenvalue weighted by molar-refractivity contribution is 7.98. The predicted octanol–water partition coefficient (Wildman–Crippen LogP) is 3.88. The van der Waals surface area contributed by atoms with E-state index in [2.05, 4.69) is 26.2 Å². The van der Waals surface area contributed by atoms with E-state index >= 15 is 0 Å². The molecule has 0 radical (unpaired) electrons. The first-order valence-electron chi connectivity index (χ1n) is 5.51. The molecule has 0 heterocycles. The van der Waals surface area contributed by atoms with E-state index in [-0.39, 0.29) is 6.10 Å². The second-order valence-electron chi connectivity index (χ2n) is 3.95. The normalized spacial score (nSPS) is 14.9. The Balaban J connectivity index is 2.84. The molecule has 1 aromatic carbocycles. The summed E-state index contributed by atoms with van der Waals surface area (Å²) in [5.74, 6) is 0.336. The van der Waals surface area contributed by atoms with Gasteiger partial charge in [-0.2, -0.15) is 0 Å². The summed E-state index contributed by atoms with van der Waals surface area (Å²) >= 11 is 1.70. The van der Waals surface area contributed by atoms with Crippen molar-refractivity contribution in [2.45, 2.75) is 37.7 Å². The zero-order chi connectivity index (χ0) is 11.3. The van der Waals surface area contributed by atoms with Crippen LogP contribution in [0.2, 0.25) is 0 Å². The van der Waals surface area contributed by atoms with E-state index in [0.717, 1.165) is 18.4 Å². The number of aliphatic hydroxyl groups is 1. The van der Waals surface area contributed by atoms with Crippen LogP contribution in [-0.4, -0.2) is 11.4 Å². The highest BCUT2D eigenvalue weighted by atomic mass is 32.2. The number of hydrogen-bond donors (Lipinski definition) is 1. The van der Waals surface area contributed by atoms with Crippen LogP contribution < -0.4 is 0 Å². The molecule has 0 saturated carbocycles. The lowest BCUT2D eigenvalue weighted by atomic mass is 9.94. The van der Waals surface area contributed by atoms with E-state index in [1.54, 1.807) is 11.8 Å². The maximum Gasteiger partial charge on any atom is 0.0826 e. The van der Waals surface area contributed by atoms with Crippen molar-refractivity contribution in [3.8, 4) is 0 Å². The van der Waals surface area contributed by atoms with Gasteiger partial charge in [-0.3, -0.25) is 0 Å². The van der Waals surface area contributed by atoms with E-state index in [4.69, 9.17) is 0 Å². The highest BCUT2D eigenvalue weighted by Gasteiger charge is 2.17. The molecule has 0 fully saturated rings. The summed E-state index contributed by atoms with van der Waals surface area (Å²) in [5.41, 5.74) is 1.07. The lowest BCUT2D eigenvalue weighted by Crippen LogP contribution is -2.09. The monoisotopic (exact) mass is 224 g/mol. The van der Waals surface area contributed by atoms with Crippen LogP contribution >= 0.6 is 11.8 Å². The van der Waals surface area contributed by atoms with Gasteiger partial charge in [-0.15, -0.1) is 11.8 Å². The van der Waals surface area contributed by atoms with Crippen LogP contribution in [0.15, 0.2) is 29.2 Å². The summed E-state index contributed by atoms with van der Waals surface area (Å²) in [6, 6.07) is 8.12. The summed E-state index contributed by atoms with van der Waals surface area (Å²) in [7, 11) is 0. The SMILES string of the molecule is CCCC(C)C(O)c1ccccc1SC. The molecule has 84 valence electrons. The Morgan fingerprint density at radius 3 is 2.60 bits per heavy atom. The first-order chi connectivity index (χ1) is 7.20. The van der Waals surface area contributed by atoms with Crippen LogP contribution in [-0.2, 0) is 0 Å². The molecule has 0 aliphatic heterocycles. The molecule has 0 aliphatic carbocycles. The maximum atomic E-state index is 10.2.